The molecule has 2 atom stereocenters. The topological polar surface area (TPSA) is 246 Å². The second-order valence-corrected chi connectivity index (χ2v) is 14.9. The number of unbranched alkanes of at least 4 members (excludes halogenated alkanes) is 4. The number of nitrogens with zero attached hydrogens (tertiary/aromatic N) is 3. The highest BCUT2D eigenvalue weighted by Gasteiger charge is 2.39. The Kier molecular flexibility index (Phi) is 20.5. The van der Waals surface area contributed by atoms with Gasteiger partial charge in [-0.3, -0.25) is 0 Å². The number of carbonyl (C=O) groups excluding carboxylic acids is 6. The van der Waals surface area contributed by atoms with E-state index in [9.17, 15) is 43.2 Å². The van der Waals surface area contributed by atoms with Crippen LogP contribution in [0.1, 0.15) is 101 Å². The highest BCUT2D eigenvalue weighted by atomic mass is 16.8. The molecule has 66 heavy (non-hydrogen) atoms. The first kappa shape index (κ1) is 51.7. The lowest BCUT2D eigenvalue weighted by atomic mass is 10.1. The Bertz CT molecular complexity index is 2280. The number of benzene rings is 2. The summed E-state index contributed by atoms with van der Waals surface area (Å²) in [5.41, 5.74) is -3.62. The van der Waals surface area contributed by atoms with Gasteiger partial charge >= 0.3 is 52.9 Å². The summed E-state index contributed by atoms with van der Waals surface area (Å²) in [4.78, 5) is 116. The summed E-state index contributed by atoms with van der Waals surface area (Å²) in [5.74, 6) is -5.18. The van der Waals surface area contributed by atoms with Gasteiger partial charge in [0.15, 0.2) is 6.29 Å². The van der Waals surface area contributed by atoms with Gasteiger partial charge in [0.05, 0.1) is 48.5 Å². The van der Waals surface area contributed by atoms with Gasteiger partial charge in [-0.15, -0.1) is 0 Å². The van der Waals surface area contributed by atoms with Crippen LogP contribution in [-0.2, 0) is 67.1 Å². The van der Waals surface area contributed by atoms with E-state index in [1.807, 2.05) is 0 Å². The van der Waals surface area contributed by atoms with Crippen LogP contribution in [0.15, 0.2) is 87.2 Å². The van der Waals surface area contributed by atoms with Gasteiger partial charge in [0, 0.05) is 11.1 Å². The third-order valence-electron chi connectivity index (χ3n) is 9.74. The Balaban J connectivity index is 1.46. The SMILES string of the molecule is C=C(C)C(=O)OCCOC(=O)c1ccccc1C(=O)OCCn1c(=O)n(CCOC(=O)c2ccccc2C(=O)OCCOC(=O)C(=C)C)c(=O)n(CCOC2OC2CCCCCCC)c1=O. The third-order valence-corrected chi connectivity index (χ3v) is 9.74. The smallest absolute Gasteiger partial charge is 0.339 e. The minimum Gasteiger partial charge on any atom is -0.460 e. The van der Waals surface area contributed by atoms with Crippen molar-refractivity contribution in [2.75, 3.05) is 46.2 Å². The number of esters is 6. The lowest BCUT2D eigenvalue weighted by Gasteiger charge is -2.15. The zero-order valence-corrected chi connectivity index (χ0v) is 37.3. The van der Waals surface area contributed by atoms with Gasteiger partial charge in [0.2, 0.25) is 0 Å². The predicted octanol–water partition coefficient (Wildman–Crippen LogP) is 3.54. The number of aromatic nitrogens is 3. The van der Waals surface area contributed by atoms with Crippen molar-refractivity contribution in [2.24, 2.45) is 0 Å². The van der Waals surface area contributed by atoms with Crippen LogP contribution in [0.2, 0.25) is 0 Å². The maximum absolute atomic E-state index is 13.7. The molecule has 1 saturated heterocycles. The molecular weight excluding hydrogens is 867 g/mol. The zero-order chi connectivity index (χ0) is 48.2. The molecule has 0 bridgehead atoms. The van der Waals surface area contributed by atoms with Gasteiger partial charge < -0.3 is 37.9 Å². The van der Waals surface area contributed by atoms with E-state index in [1.54, 1.807) is 0 Å². The minimum atomic E-state index is -1.12. The molecule has 20 heteroatoms. The van der Waals surface area contributed by atoms with Gasteiger partial charge in [-0.2, -0.15) is 0 Å². The maximum atomic E-state index is 13.7. The minimum absolute atomic E-state index is 0.116. The molecule has 1 aliphatic rings. The summed E-state index contributed by atoms with van der Waals surface area (Å²) >= 11 is 0. The van der Waals surface area contributed by atoms with Crippen LogP contribution in [0.25, 0.3) is 0 Å². The van der Waals surface area contributed by atoms with E-state index in [0.717, 1.165) is 43.1 Å². The summed E-state index contributed by atoms with van der Waals surface area (Å²) in [6.07, 6.45) is 5.58. The van der Waals surface area contributed by atoms with E-state index < -0.39 is 85.5 Å². The highest BCUT2D eigenvalue weighted by Crippen LogP contribution is 2.28. The standard InChI is InChI=1S/C46H55N3O17/c1-6-7-8-9-10-19-36-43(66-36)65-25-22-49-45(57)47(20-23-59-39(52)32-15-11-13-17-34(32)41(54)63-28-26-61-37(50)30(2)3)44(56)48(46(49)58)21-24-60-40(53)33-16-12-14-18-35(33)42(55)64-29-27-62-38(51)31(4)5/h11-18,36,43H,2,4,6-10,19-29H2,1,3,5H3. The number of rotatable bonds is 28. The van der Waals surface area contributed by atoms with Crippen molar-refractivity contribution < 1.29 is 66.7 Å². The molecule has 2 heterocycles. The summed E-state index contributed by atoms with van der Waals surface area (Å²) in [6, 6.07) is 11.1. The lowest BCUT2D eigenvalue weighted by molar-refractivity contribution is -0.140. The van der Waals surface area contributed by atoms with E-state index >= 15 is 0 Å². The van der Waals surface area contributed by atoms with Crippen LogP contribution < -0.4 is 17.1 Å². The fourth-order valence-electron chi connectivity index (χ4n) is 6.18. The van der Waals surface area contributed by atoms with Gasteiger partial charge in [0.1, 0.15) is 45.7 Å². The van der Waals surface area contributed by atoms with Crippen molar-refractivity contribution in [3.8, 4) is 0 Å². The Morgan fingerprint density at radius 2 is 0.864 bits per heavy atom. The number of epoxide rings is 1. The van der Waals surface area contributed by atoms with Gasteiger partial charge in [-0.1, -0.05) is 76.5 Å². The average molecular weight is 922 g/mol. The molecule has 3 aromatic rings. The molecule has 4 rings (SSSR count). The molecular formula is C46H55N3O17. The Morgan fingerprint density at radius 1 is 0.515 bits per heavy atom. The molecule has 20 nitrogen and oxygen atoms in total. The van der Waals surface area contributed by atoms with Gasteiger partial charge in [-0.25, -0.2) is 56.9 Å². The summed E-state index contributed by atoms with van der Waals surface area (Å²) in [6.45, 7) is 8.14. The molecule has 1 aromatic heterocycles. The third kappa shape index (κ3) is 15.4. The molecule has 0 saturated carbocycles. The van der Waals surface area contributed by atoms with Crippen molar-refractivity contribution in [2.45, 2.75) is 91.3 Å². The molecule has 0 amide bonds. The number of carbonyl (C=O) groups is 6. The van der Waals surface area contributed by atoms with E-state index in [0.29, 0.717) is 9.13 Å². The first-order valence-electron chi connectivity index (χ1n) is 21.4. The largest absolute Gasteiger partial charge is 0.460 e. The van der Waals surface area contributed by atoms with Crippen molar-refractivity contribution in [3.05, 3.63) is 127 Å². The average Bonchev–Trinajstić information content (AvgIpc) is 4.06. The molecule has 1 fully saturated rings. The van der Waals surface area contributed by atoms with E-state index in [-0.39, 0.29) is 79.1 Å². The number of hydrogen-bond donors (Lipinski definition) is 0. The molecule has 2 unspecified atom stereocenters. The number of hydrogen-bond acceptors (Lipinski definition) is 17. The van der Waals surface area contributed by atoms with E-state index in [4.69, 9.17) is 37.9 Å². The van der Waals surface area contributed by atoms with Crippen molar-refractivity contribution >= 4 is 35.8 Å². The molecule has 0 spiro atoms. The van der Waals surface area contributed by atoms with E-state index in [2.05, 4.69) is 20.1 Å². The van der Waals surface area contributed by atoms with Gasteiger partial charge in [0.25, 0.3) is 0 Å². The summed E-state index contributed by atoms with van der Waals surface area (Å²) in [5, 5.41) is 0. The van der Waals surface area contributed by atoms with Crippen LogP contribution in [0.5, 0.6) is 0 Å². The second kappa shape index (κ2) is 26.1. The Hall–Kier alpha value is -6.93. The van der Waals surface area contributed by atoms with Crippen LogP contribution >= 0.6 is 0 Å². The maximum Gasteiger partial charge on any atom is 0.339 e. The highest BCUT2D eigenvalue weighted by molar-refractivity contribution is 6.04. The molecule has 2 aromatic carbocycles. The van der Waals surface area contributed by atoms with Gasteiger partial charge in [-0.05, 0) is 44.5 Å². The lowest BCUT2D eigenvalue weighted by Crippen LogP contribution is -2.55. The first-order chi connectivity index (χ1) is 31.7. The summed E-state index contributed by atoms with van der Waals surface area (Å²) < 4.78 is 44.3. The van der Waals surface area contributed by atoms with Crippen molar-refractivity contribution in [1.82, 2.24) is 13.7 Å². The molecule has 0 N–H and O–H groups in total. The Morgan fingerprint density at radius 3 is 1.24 bits per heavy atom. The van der Waals surface area contributed by atoms with Crippen LogP contribution in [0, 0.1) is 0 Å². The quantitative estimate of drug-likeness (QED) is 0.0332. The monoisotopic (exact) mass is 921 g/mol. The fourth-order valence-corrected chi connectivity index (χ4v) is 6.18. The molecule has 0 aliphatic carbocycles. The van der Waals surface area contributed by atoms with Crippen LogP contribution in [0.3, 0.4) is 0 Å². The normalized spacial score (nSPS) is 13.8. The van der Waals surface area contributed by atoms with E-state index in [1.165, 1.54) is 62.4 Å². The fraction of sp³-hybridized carbons (Fsp3) is 0.457. The van der Waals surface area contributed by atoms with Crippen molar-refractivity contribution in [3.63, 3.8) is 0 Å². The first-order valence-corrected chi connectivity index (χ1v) is 21.4. The predicted molar refractivity (Wildman–Crippen MR) is 233 cm³/mol. The molecule has 356 valence electrons. The molecule has 1 aliphatic heterocycles. The van der Waals surface area contributed by atoms with Crippen molar-refractivity contribution in [1.29, 1.82) is 0 Å². The molecule has 0 radical (unpaired) electrons. The van der Waals surface area contributed by atoms with Crippen LogP contribution in [0.4, 0.5) is 0 Å². The Labute approximate surface area is 379 Å². The van der Waals surface area contributed by atoms with Crippen LogP contribution in [-0.4, -0.2) is 108 Å². The number of ether oxygens (including phenoxy) is 8. The second-order valence-electron chi connectivity index (χ2n) is 14.9. The zero-order valence-electron chi connectivity index (χ0n) is 37.3. The summed E-state index contributed by atoms with van der Waals surface area (Å²) in [7, 11) is 0.